The van der Waals surface area contributed by atoms with Crippen LogP contribution in [0.3, 0.4) is 0 Å². The Bertz CT molecular complexity index is 433. The van der Waals surface area contributed by atoms with Crippen LogP contribution >= 0.6 is 0 Å². The van der Waals surface area contributed by atoms with Crippen LogP contribution in [0.2, 0.25) is 0 Å². The van der Waals surface area contributed by atoms with Gasteiger partial charge < -0.3 is 9.47 Å². The van der Waals surface area contributed by atoms with Crippen molar-refractivity contribution >= 4 is 11.9 Å². The zero-order valence-corrected chi connectivity index (χ0v) is 11.9. The summed E-state index contributed by atoms with van der Waals surface area (Å²) < 4.78 is 9.66. The highest BCUT2D eigenvalue weighted by molar-refractivity contribution is 6.03. The van der Waals surface area contributed by atoms with Crippen molar-refractivity contribution in [2.24, 2.45) is 11.3 Å². The number of ether oxygens (including phenoxy) is 2. The molecule has 0 aromatic rings. The lowest BCUT2D eigenvalue weighted by atomic mass is 9.74. The Morgan fingerprint density at radius 1 is 1.26 bits per heavy atom. The lowest BCUT2D eigenvalue weighted by molar-refractivity contribution is -0.167. The molecule has 0 radical (unpaired) electrons. The zero-order valence-electron chi connectivity index (χ0n) is 11.9. The van der Waals surface area contributed by atoms with Gasteiger partial charge in [0.1, 0.15) is 0 Å². The van der Waals surface area contributed by atoms with Crippen LogP contribution in [-0.4, -0.2) is 26.2 Å². The van der Waals surface area contributed by atoms with Crippen LogP contribution in [0.1, 0.15) is 26.7 Å². The molecule has 0 bridgehead atoms. The zero-order chi connectivity index (χ0) is 14.5. The molecule has 0 aromatic carbocycles. The maximum absolute atomic E-state index is 12.2. The van der Waals surface area contributed by atoms with E-state index in [1.165, 1.54) is 20.3 Å². The average molecular weight is 264 g/mol. The Hall–Kier alpha value is -1.80. The number of hydrogen-bond donors (Lipinski definition) is 0. The lowest BCUT2D eigenvalue weighted by Crippen LogP contribution is -2.44. The summed E-state index contributed by atoms with van der Waals surface area (Å²) in [6, 6.07) is 0. The van der Waals surface area contributed by atoms with Gasteiger partial charge in [-0.25, -0.2) is 0 Å². The quantitative estimate of drug-likeness (QED) is 0.338. The first-order valence-corrected chi connectivity index (χ1v) is 6.23. The minimum absolute atomic E-state index is 0.251. The summed E-state index contributed by atoms with van der Waals surface area (Å²) in [4.78, 5) is 24.4. The molecule has 1 rings (SSSR count). The molecule has 0 fully saturated rings. The molecule has 0 aliphatic heterocycles. The largest absolute Gasteiger partial charge is 0.468 e. The van der Waals surface area contributed by atoms with Crippen LogP contribution in [0.4, 0.5) is 0 Å². The molecule has 1 aliphatic rings. The van der Waals surface area contributed by atoms with Crippen molar-refractivity contribution in [1.82, 2.24) is 0 Å². The second-order valence-electron chi connectivity index (χ2n) is 4.75. The monoisotopic (exact) mass is 264 g/mol. The summed E-state index contributed by atoms with van der Waals surface area (Å²) >= 11 is 0. The SMILES string of the molecule is COC(=O)C(C=C=C(C)C)(C(=O)OC)C1C=CCC1. The van der Waals surface area contributed by atoms with Gasteiger partial charge in [-0.2, -0.15) is 0 Å². The summed E-state index contributed by atoms with van der Waals surface area (Å²) in [5.74, 6) is -1.46. The first-order valence-electron chi connectivity index (χ1n) is 6.23. The number of hydrogen-bond acceptors (Lipinski definition) is 4. The first kappa shape index (κ1) is 15.3. The van der Waals surface area contributed by atoms with E-state index in [1.807, 2.05) is 26.0 Å². The first-order chi connectivity index (χ1) is 8.98. The van der Waals surface area contributed by atoms with E-state index in [0.717, 1.165) is 12.0 Å². The molecule has 0 saturated carbocycles. The number of esters is 2. The average Bonchev–Trinajstić information content (AvgIpc) is 2.92. The fourth-order valence-corrected chi connectivity index (χ4v) is 2.22. The molecule has 0 aromatic heterocycles. The standard InChI is InChI=1S/C15H20O4/c1-11(2)9-10-15(13(16)18-3,14(17)19-4)12-7-5-6-8-12/h5,7,10,12H,6,8H2,1-4H3. The maximum atomic E-state index is 12.2. The van der Waals surface area contributed by atoms with Crippen molar-refractivity contribution in [2.75, 3.05) is 14.2 Å². The third kappa shape index (κ3) is 2.96. The van der Waals surface area contributed by atoms with E-state index in [4.69, 9.17) is 9.47 Å². The number of carbonyl (C=O) groups is 2. The van der Waals surface area contributed by atoms with Crippen molar-refractivity contribution in [1.29, 1.82) is 0 Å². The predicted molar refractivity (Wildman–Crippen MR) is 71.3 cm³/mol. The second kappa shape index (κ2) is 6.39. The van der Waals surface area contributed by atoms with E-state index in [1.54, 1.807) is 0 Å². The van der Waals surface area contributed by atoms with Gasteiger partial charge in [-0.15, -0.1) is 5.73 Å². The van der Waals surface area contributed by atoms with Gasteiger partial charge in [0.15, 0.2) is 5.41 Å². The van der Waals surface area contributed by atoms with Gasteiger partial charge >= 0.3 is 11.9 Å². The minimum atomic E-state index is -1.44. The summed E-state index contributed by atoms with van der Waals surface area (Å²) in [6.07, 6.45) is 6.87. The fourth-order valence-electron chi connectivity index (χ4n) is 2.22. The van der Waals surface area contributed by atoms with Gasteiger partial charge in [-0.3, -0.25) is 9.59 Å². The van der Waals surface area contributed by atoms with E-state index in [-0.39, 0.29) is 5.92 Å². The molecule has 0 N–H and O–H groups in total. The second-order valence-corrected chi connectivity index (χ2v) is 4.75. The van der Waals surface area contributed by atoms with Crippen LogP contribution in [0.5, 0.6) is 0 Å². The number of methoxy groups -OCH3 is 2. The molecule has 104 valence electrons. The molecule has 1 aliphatic carbocycles. The highest BCUT2D eigenvalue weighted by Crippen LogP contribution is 2.39. The number of allylic oxidation sites excluding steroid dienone is 2. The molecular formula is C15H20O4. The van der Waals surface area contributed by atoms with Gasteiger partial charge in [0.2, 0.25) is 0 Å². The third-order valence-corrected chi connectivity index (χ3v) is 3.23. The summed E-state index contributed by atoms with van der Waals surface area (Å²) in [6.45, 7) is 3.70. The molecule has 1 unspecified atom stereocenters. The van der Waals surface area contributed by atoms with E-state index in [2.05, 4.69) is 5.73 Å². The van der Waals surface area contributed by atoms with Crippen LogP contribution in [0.15, 0.2) is 29.5 Å². The summed E-state index contributed by atoms with van der Waals surface area (Å²) in [7, 11) is 2.55. The van der Waals surface area contributed by atoms with E-state index in [9.17, 15) is 9.59 Å². The highest BCUT2D eigenvalue weighted by atomic mass is 16.5. The maximum Gasteiger partial charge on any atom is 0.328 e. The van der Waals surface area contributed by atoms with Crippen LogP contribution < -0.4 is 0 Å². The van der Waals surface area contributed by atoms with Gasteiger partial charge in [0.05, 0.1) is 14.2 Å². The molecule has 4 heteroatoms. The molecule has 1 atom stereocenters. The van der Waals surface area contributed by atoms with Crippen molar-refractivity contribution in [3.05, 3.63) is 29.5 Å². The van der Waals surface area contributed by atoms with Crippen LogP contribution in [-0.2, 0) is 19.1 Å². The fraction of sp³-hybridized carbons (Fsp3) is 0.533. The van der Waals surface area contributed by atoms with Crippen molar-refractivity contribution < 1.29 is 19.1 Å². The molecular weight excluding hydrogens is 244 g/mol. The topological polar surface area (TPSA) is 52.6 Å². The molecule has 19 heavy (non-hydrogen) atoms. The van der Waals surface area contributed by atoms with Gasteiger partial charge in [-0.1, -0.05) is 12.2 Å². The molecule has 4 nitrogen and oxygen atoms in total. The van der Waals surface area contributed by atoms with Crippen molar-refractivity contribution in [3.63, 3.8) is 0 Å². The summed E-state index contributed by atoms with van der Waals surface area (Å²) in [5, 5.41) is 0. The van der Waals surface area contributed by atoms with E-state index >= 15 is 0 Å². The minimum Gasteiger partial charge on any atom is -0.468 e. The molecule has 0 spiro atoms. The van der Waals surface area contributed by atoms with Crippen molar-refractivity contribution in [3.8, 4) is 0 Å². The smallest absolute Gasteiger partial charge is 0.328 e. The number of carbonyl (C=O) groups excluding carboxylic acids is 2. The molecule has 0 saturated heterocycles. The third-order valence-electron chi connectivity index (χ3n) is 3.23. The van der Waals surface area contributed by atoms with Crippen LogP contribution in [0.25, 0.3) is 0 Å². The Balaban J connectivity index is 3.40. The van der Waals surface area contributed by atoms with E-state index < -0.39 is 17.4 Å². The van der Waals surface area contributed by atoms with Crippen molar-refractivity contribution in [2.45, 2.75) is 26.7 Å². The van der Waals surface area contributed by atoms with Crippen LogP contribution in [0, 0.1) is 11.3 Å². The van der Waals surface area contributed by atoms with Gasteiger partial charge in [0.25, 0.3) is 0 Å². The molecule has 0 amide bonds. The number of rotatable bonds is 4. The Morgan fingerprint density at radius 3 is 2.21 bits per heavy atom. The highest BCUT2D eigenvalue weighted by Gasteiger charge is 2.52. The summed E-state index contributed by atoms with van der Waals surface area (Å²) in [5.41, 5.74) is 2.39. The Kier molecular flexibility index (Phi) is 5.13. The predicted octanol–water partition coefficient (Wildman–Crippen LogP) is 2.41. The normalized spacial score (nSPS) is 17.6. The Labute approximate surface area is 113 Å². The molecule has 0 heterocycles. The van der Waals surface area contributed by atoms with E-state index in [0.29, 0.717) is 6.42 Å². The lowest BCUT2D eigenvalue weighted by Gasteiger charge is -2.29. The van der Waals surface area contributed by atoms with Gasteiger partial charge in [0, 0.05) is 5.92 Å². The Morgan fingerprint density at radius 2 is 1.84 bits per heavy atom. The van der Waals surface area contributed by atoms with Gasteiger partial charge in [-0.05, 0) is 38.3 Å².